The van der Waals surface area contributed by atoms with Gasteiger partial charge in [-0.25, -0.2) is 0 Å². The van der Waals surface area contributed by atoms with Gasteiger partial charge < -0.3 is 0 Å². The van der Waals surface area contributed by atoms with Crippen molar-refractivity contribution in [2.45, 2.75) is 45.2 Å². The Morgan fingerprint density at radius 1 is 1.22 bits per heavy atom. The summed E-state index contributed by atoms with van der Waals surface area (Å²) in [5, 5.41) is 0.576. The summed E-state index contributed by atoms with van der Waals surface area (Å²) in [6, 6.07) is 0. The largest absolute Gasteiger partial charge is 0.131 e. The summed E-state index contributed by atoms with van der Waals surface area (Å²) < 4.78 is 0. The molecule has 0 bridgehead atoms. The van der Waals surface area contributed by atoms with E-state index in [0.29, 0.717) is 10.6 Å². The van der Waals surface area contributed by atoms with Crippen LogP contribution in [0.4, 0.5) is 0 Å². The van der Waals surface area contributed by atoms with E-state index in [4.69, 9.17) is 0 Å². The van der Waals surface area contributed by atoms with Gasteiger partial charge >= 0.3 is 0 Å². The van der Waals surface area contributed by atoms with Crippen LogP contribution < -0.4 is 0 Å². The zero-order chi connectivity index (χ0) is 7.12. The number of rotatable bonds is 0. The topological polar surface area (TPSA) is 0 Å². The predicted molar refractivity (Wildman–Crippen MR) is 45.7 cm³/mol. The van der Waals surface area contributed by atoms with E-state index >= 15 is 0 Å². The maximum atomic E-state index is 3.02. The lowest BCUT2D eigenvalue weighted by Gasteiger charge is -2.49. The van der Waals surface area contributed by atoms with Crippen molar-refractivity contribution in [3.63, 3.8) is 0 Å². The van der Waals surface area contributed by atoms with E-state index in [-0.39, 0.29) is 0 Å². The minimum atomic E-state index is 0.496. The third kappa shape index (κ3) is 1.15. The second-order valence-electron chi connectivity index (χ2n) is 4.26. The average molecular weight is 144 g/mol. The molecule has 1 aliphatic rings. The van der Waals surface area contributed by atoms with E-state index in [1.54, 1.807) is 0 Å². The van der Waals surface area contributed by atoms with Crippen molar-refractivity contribution < 1.29 is 0 Å². The van der Waals surface area contributed by atoms with Crippen LogP contribution in [0, 0.1) is 5.41 Å². The first kappa shape index (κ1) is 7.54. The van der Waals surface area contributed by atoms with Crippen molar-refractivity contribution in [2.24, 2.45) is 5.41 Å². The number of hydrogen-bond donors (Lipinski definition) is 0. The van der Waals surface area contributed by atoms with Crippen LogP contribution in [-0.4, -0.2) is 5.16 Å². The van der Waals surface area contributed by atoms with Crippen LogP contribution in [0.5, 0.6) is 0 Å². The maximum absolute atomic E-state index is 3.02. The zero-order valence-corrected chi connectivity index (χ0v) is 7.85. The summed E-state index contributed by atoms with van der Waals surface area (Å²) in [5.74, 6) is 0. The molecule has 1 fully saturated rings. The highest BCUT2D eigenvalue weighted by molar-refractivity contribution is 7.19. The van der Waals surface area contributed by atoms with Crippen molar-refractivity contribution in [2.75, 3.05) is 0 Å². The predicted octanol–water partition coefficient (Wildman–Crippen LogP) is 2.83. The molecular weight excluding hydrogens is 127 g/mol. The SMILES string of the molecule is CC(C)(C)C1(P)CCC1. The molecule has 0 aromatic heterocycles. The van der Waals surface area contributed by atoms with E-state index in [1.807, 2.05) is 0 Å². The second kappa shape index (κ2) is 1.95. The fourth-order valence-electron chi connectivity index (χ4n) is 1.31. The first-order valence-corrected chi connectivity index (χ1v) is 4.32. The summed E-state index contributed by atoms with van der Waals surface area (Å²) in [4.78, 5) is 0. The van der Waals surface area contributed by atoms with Gasteiger partial charge in [0.25, 0.3) is 0 Å². The van der Waals surface area contributed by atoms with Gasteiger partial charge in [-0.3, -0.25) is 0 Å². The van der Waals surface area contributed by atoms with E-state index in [0.717, 1.165) is 0 Å². The normalized spacial score (nSPS) is 25.3. The molecular formula is C8H17P. The van der Waals surface area contributed by atoms with Crippen LogP contribution in [0.3, 0.4) is 0 Å². The van der Waals surface area contributed by atoms with Gasteiger partial charge in [-0.05, 0) is 23.4 Å². The van der Waals surface area contributed by atoms with Crippen LogP contribution >= 0.6 is 9.24 Å². The molecule has 0 amide bonds. The summed E-state index contributed by atoms with van der Waals surface area (Å²) in [6.45, 7) is 7.00. The van der Waals surface area contributed by atoms with Crippen molar-refractivity contribution in [1.82, 2.24) is 0 Å². The Kier molecular flexibility index (Phi) is 1.64. The van der Waals surface area contributed by atoms with Gasteiger partial charge in [-0.1, -0.05) is 27.2 Å². The molecule has 0 N–H and O–H groups in total. The standard InChI is InChI=1S/C8H17P/c1-7(2,3)8(9)5-4-6-8/h4-6,9H2,1-3H3. The van der Waals surface area contributed by atoms with Crippen molar-refractivity contribution in [3.8, 4) is 0 Å². The maximum Gasteiger partial charge on any atom is -0.0102 e. The van der Waals surface area contributed by atoms with Gasteiger partial charge in [0.15, 0.2) is 0 Å². The molecule has 1 rings (SSSR count). The summed E-state index contributed by atoms with van der Waals surface area (Å²) in [7, 11) is 3.02. The summed E-state index contributed by atoms with van der Waals surface area (Å²) >= 11 is 0. The molecule has 1 unspecified atom stereocenters. The fraction of sp³-hybridized carbons (Fsp3) is 1.00. The van der Waals surface area contributed by atoms with Crippen molar-refractivity contribution >= 4 is 9.24 Å². The third-order valence-electron chi connectivity index (χ3n) is 2.74. The average Bonchev–Trinajstić information content (AvgIpc) is 1.57. The highest BCUT2D eigenvalue weighted by Crippen LogP contribution is 2.52. The first-order chi connectivity index (χ1) is 3.96. The smallest absolute Gasteiger partial charge is 0.0102 e. The molecule has 54 valence electrons. The Bertz CT molecular complexity index is 106. The Labute approximate surface area is 60.6 Å². The Hall–Kier alpha value is 0.430. The van der Waals surface area contributed by atoms with Crippen LogP contribution in [0.25, 0.3) is 0 Å². The molecule has 0 nitrogen and oxygen atoms in total. The Morgan fingerprint density at radius 3 is 1.67 bits per heavy atom. The van der Waals surface area contributed by atoms with Crippen LogP contribution in [0.1, 0.15) is 40.0 Å². The molecule has 0 saturated heterocycles. The minimum absolute atomic E-state index is 0.496. The summed E-state index contributed by atoms with van der Waals surface area (Å²) in [5.41, 5.74) is 0.496. The molecule has 0 aromatic rings. The fourth-order valence-corrected chi connectivity index (χ4v) is 1.72. The van der Waals surface area contributed by atoms with Crippen LogP contribution in [-0.2, 0) is 0 Å². The lowest BCUT2D eigenvalue weighted by molar-refractivity contribution is 0.180. The Morgan fingerprint density at radius 2 is 1.67 bits per heavy atom. The van der Waals surface area contributed by atoms with Gasteiger partial charge in [0.2, 0.25) is 0 Å². The van der Waals surface area contributed by atoms with Gasteiger partial charge in [-0.15, -0.1) is 9.24 Å². The van der Waals surface area contributed by atoms with Crippen LogP contribution in [0.2, 0.25) is 0 Å². The highest BCUT2D eigenvalue weighted by Gasteiger charge is 2.42. The van der Waals surface area contributed by atoms with Crippen molar-refractivity contribution in [1.29, 1.82) is 0 Å². The van der Waals surface area contributed by atoms with Gasteiger partial charge in [-0.2, -0.15) is 0 Å². The molecule has 1 saturated carbocycles. The second-order valence-corrected chi connectivity index (χ2v) is 5.36. The first-order valence-electron chi connectivity index (χ1n) is 3.75. The number of hydrogen-bond acceptors (Lipinski definition) is 0. The molecule has 0 heterocycles. The quantitative estimate of drug-likeness (QED) is 0.458. The van der Waals surface area contributed by atoms with Crippen LogP contribution in [0.15, 0.2) is 0 Å². The minimum Gasteiger partial charge on any atom is -0.131 e. The summed E-state index contributed by atoms with van der Waals surface area (Å²) in [6.07, 6.45) is 4.24. The lowest BCUT2D eigenvalue weighted by Crippen LogP contribution is -2.42. The van der Waals surface area contributed by atoms with Gasteiger partial charge in [0, 0.05) is 0 Å². The molecule has 1 atom stereocenters. The molecule has 0 aliphatic heterocycles. The van der Waals surface area contributed by atoms with E-state index in [2.05, 4.69) is 30.0 Å². The van der Waals surface area contributed by atoms with Gasteiger partial charge in [0.05, 0.1) is 0 Å². The van der Waals surface area contributed by atoms with E-state index in [9.17, 15) is 0 Å². The van der Waals surface area contributed by atoms with E-state index < -0.39 is 0 Å². The molecule has 0 aromatic carbocycles. The van der Waals surface area contributed by atoms with E-state index in [1.165, 1.54) is 19.3 Å². The Balaban J connectivity index is 2.59. The highest BCUT2D eigenvalue weighted by atomic mass is 31.0. The molecule has 1 aliphatic carbocycles. The zero-order valence-electron chi connectivity index (χ0n) is 6.70. The lowest BCUT2D eigenvalue weighted by atomic mass is 9.67. The molecule has 0 spiro atoms. The van der Waals surface area contributed by atoms with Gasteiger partial charge in [0.1, 0.15) is 0 Å². The molecule has 9 heavy (non-hydrogen) atoms. The third-order valence-corrected chi connectivity index (χ3v) is 4.18. The van der Waals surface area contributed by atoms with Crippen molar-refractivity contribution in [3.05, 3.63) is 0 Å². The monoisotopic (exact) mass is 144 g/mol. The molecule has 0 radical (unpaired) electrons. The molecule has 1 heteroatoms.